The van der Waals surface area contributed by atoms with Crippen LogP contribution in [0.25, 0.3) is 5.69 Å². The Kier molecular flexibility index (Phi) is 6.46. The summed E-state index contributed by atoms with van der Waals surface area (Å²) in [4.78, 5) is 29.4. The van der Waals surface area contributed by atoms with E-state index in [2.05, 4.69) is 16.3 Å². The monoisotopic (exact) mass is 456 g/mol. The van der Waals surface area contributed by atoms with Crippen LogP contribution in [0.1, 0.15) is 62.0 Å². The second kappa shape index (κ2) is 9.48. The molecule has 34 heavy (non-hydrogen) atoms. The number of benzene rings is 2. The van der Waals surface area contributed by atoms with E-state index >= 15 is 0 Å². The minimum Gasteiger partial charge on any atom is -0.342 e. The molecule has 8 heteroatoms. The SMILES string of the molecule is Cc1cc(C)c(-n2cnnc2C(=O)N(C)C)cc1C(=O)N1CCC(c2ccc(C#N)cc2)CC1. The van der Waals surface area contributed by atoms with Crippen molar-refractivity contribution in [3.63, 3.8) is 0 Å². The van der Waals surface area contributed by atoms with E-state index < -0.39 is 0 Å². The van der Waals surface area contributed by atoms with Crippen LogP contribution in [0.15, 0.2) is 42.7 Å². The normalized spacial score (nSPS) is 14.0. The van der Waals surface area contributed by atoms with E-state index in [1.807, 2.05) is 55.1 Å². The van der Waals surface area contributed by atoms with E-state index in [0.717, 1.165) is 29.7 Å². The molecule has 0 saturated carbocycles. The number of hydrogen-bond donors (Lipinski definition) is 0. The zero-order valence-electron chi connectivity index (χ0n) is 19.9. The molecule has 8 nitrogen and oxygen atoms in total. The van der Waals surface area contributed by atoms with Crippen LogP contribution >= 0.6 is 0 Å². The molecule has 2 heterocycles. The lowest BCUT2D eigenvalue weighted by atomic mass is 9.88. The Hall–Kier alpha value is -3.99. The number of piperidine rings is 1. The van der Waals surface area contributed by atoms with E-state index in [4.69, 9.17) is 5.26 Å². The molecular formula is C26H28N6O2. The predicted molar refractivity (Wildman–Crippen MR) is 128 cm³/mol. The Morgan fingerprint density at radius 2 is 1.74 bits per heavy atom. The van der Waals surface area contributed by atoms with E-state index in [0.29, 0.717) is 30.1 Å². The largest absolute Gasteiger partial charge is 0.342 e. The number of aromatic nitrogens is 3. The van der Waals surface area contributed by atoms with Crippen LogP contribution in [0.2, 0.25) is 0 Å². The third kappa shape index (κ3) is 4.42. The van der Waals surface area contributed by atoms with Gasteiger partial charge in [0.05, 0.1) is 17.3 Å². The first-order chi connectivity index (χ1) is 16.3. The standard InChI is InChI=1S/C26H28N6O2/c1-17-13-18(2)23(32-16-28-29-24(32)26(34)30(3)4)14-22(17)25(33)31-11-9-21(10-12-31)20-7-5-19(15-27)6-8-20/h5-8,13-14,16,21H,9-12H2,1-4H3. The number of aryl methyl sites for hydroxylation is 2. The number of rotatable bonds is 4. The molecule has 0 unspecified atom stereocenters. The molecule has 174 valence electrons. The molecule has 4 rings (SSSR count). The lowest BCUT2D eigenvalue weighted by Crippen LogP contribution is -2.38. The lowest BCUT2D eigenvalue weighted by molar-refractivity contribution is 0.0712. The van der Waals surface area contributed by atoms with Crippen molar-refractivity contribution in [2.75, 3.05) is 27.2 Å². The van der Waals surface area contributed by atoms with Gasteiger partial charge in [0.25, 0.3) is 11.8 Å². The summed E-state index contributed by atoms with van der Waals surface area (Å²) in [6, 6.07) is 13.7. The molecule has 1 fully saturated rings. The van der Waals surface area contributed by atoms with Crippen LogP contribution in [-0.2, 0) is 0 Å². The van der Waals surface area contributed by atoms with Crippen molar-refractivity contribution in [1.82, 2.24) is 24.6 Å². The van der Waals surface area contributed by atoms with E-state index in [1.165, 1.54) is 16.8 Å². The Balaban J connectivity index is 1.55. The molecule has 0 bridgehead atoms. The second-order valence-electron chi connectivity index (χ2n) is 8.98. The molecule has 1 aliphatic heterocycles. The van der Waals surface area contributed by atoms with Gasteiger partial charge in [-0.2, -0.15) is 5.26 Å². The van der Waals surface area contributed by atoms with Crippen LogP contribution in [0, 0.1) is 25.2 Å². The van der Waals surface area contributed by atoms with E-state index in [1.54, 1.807) is 18.7 Å². The fourth-order valence-corrected chi connectivity index (χ4v) is 4.50. The van der Waals surface area contributed by atoms with Crippen molar-refractivity contribution in [3.8, 4) is 11.8 Å². The summed E-state index contributed by atoms with van der Waals surface area (Å²) in [7, 11) is 3.33. The van der Waals surface area contributed by atoms with Crippen molar-refractivity contribution >= 4 is 11.8 Å². The summed E-state index contributed by atoms with van der Waals surface area (Å²) in [6.45, 7) is 5.22. The maximum absolute atomic E-state index is 13.5. The average Bonchev–Trinajstić information content (AvgIpc) is 3.33. The summed E-state index contributed by atoms with van der Waals surface area (Å²) in [5.41, 5.74) is 5.04. The number of carbonyl (C=O) groups is 2. The molecule has 2 amide bonds. The number of carbonyl (C=O) groups excluding carboxylic acids is 2. The molecule has 0 aliphatic carbocycles. The van der Waals surface area contributed by atoms with Crippen LogP contribution in [-0.4, -0.2) is 63.6 Å². The fraction of sp³-hybridized carbons (Fsp3) is 0.346. The van der Waals surface area contributed by atoms with Crippen LogP contribution in [0.5, 0.6) is 0 Å². The predicted octanol–water partition coefficient (Wildman–Crippen LogP) is 3.48. The van der Waals surface area contributed by atoms with Gasteiger partial charge >= 0.3 is 0 Å². The molecule has 3 aromatic rings. The fourth-order valence-electron chi connectivity index (χ4n) is 4.50. The minimum atomic E-state index is -0.254. The van der Waals surface area contributed by atoms with E-state index in [9.17, 15) is 9.59 Å². The van der Waals surface area contributed by atoms with Gasteiger partial charge in [0.15, 0.2) is 0 Å². The summed E-state index contributed by atoms with van der Waals surface area (Å²) >= 11 is 0. The highest BCUT2D eigenvalue weighted by molar-refractivity contribution is 5.97. The summed E-state index contributed by atoms with van der Waals surface area (Å²) in [6.07, 6.45) is 3.26. The highest BCUT2D eigenvalue weighted by Gasteiger charge is 2.27. The van der Waals surface area contributed by atoms with Crippen molar-refractivity contribution in [3.05, 3.63) is 76.4 Å². The maximum atomic E-state index is 13.5. The Morgan fingerprint density at radius 1 is 1.06 bits per heavy atom. The van der Waals surface area contributed by atoms with Gasteiger partial charge < -0.3 is 9.80 Å². The molecular weight excluding hydrogens is 428 g/mol. The van der Waals surface area contributed by atoms with Gasteiger partial charge in [-0.1, -0.05) is 18.2 Å². The third-order valence-electron chi connectivity index (χ3n) is 6.47. The molecule has 0 atom stereocenters. The average molecular weight is 457 g/mol. The first kappa shape index (κ1) is 23.2. The van der Waals surface area contributed by atoms with Gasteiger partial charge in [-0.3, -0.25) is 14.2 Å². The summed E-state index contributed by atoms with van der Waals surface area (Å²) in [5, 5.41) is 16.9. The zero-order valence-corrected chi connectivity index (χ0v) is 19.9. The minimum absolute atomic E-state index is 0.00871. The topological polar surface area (TPSA) is 95.1 Å². The van der Waals surface area contributed by atoms with Crippen molar-refractivity contribution in [2.45, 2.75) is 32.6 Å². The van der Waals surface area contributed by atoms with Gasteiger partial charge in [0.1, 0.15) is 6.33 Å². The molecule has 0 spiro atoms. The molecule has 0 N–H and O–H groups in total. The molecule has 1 aliphatic rings. The van der Waals surface area contributed by atoms with Gasteiger partial charge in [0.2, 0.25) is 5.82 Å². The molecule has 2 aromatic carbocycles. The molecule has 1 aromatic heterocycles. The highest BCUT2D eigenvalue weighted by Crippen LogP contribution is 2.30. The smallest absolute Gasteiger partial charge is 0.291 e. The van der Waals surface area contributed by atoms with Crippen LogP contribution in [0.3, 0.4) is 0 Å². The van der Waals surface area contributed by atoms with Crippen molar-refractivity contribution < 1.29 is 9.59 Å². The van der Waals surface area contributed by atoms with Gasteiger partial charge in [0, 0.05) is 32.7 Å². The molecule has 1 saturated heterocycles. The third-order valence-corrected chi connectivity index (χ3v) is 6.47. The summed E-state index contributed by atoms with van der Waals surface area (Å²) in [5.74, 6) is 0.322. The number of likely N-dealkylation sites (tertiary alicyclic amines) is 1. The van der Waals surface area contributed by atoms with E-state index in [-0.39, 0.29) is 17.6 Å². The Labute approximate surface area is 199 Å². The number of hydrogen-bond acceptors (Lipinski definition) is 5. The highest BCUT2D eigenvalue weighted by atomic mass is 16.2. The van der Waals surface area contributed by atoms with Gasteiger partial charge in [-0.15, -0.1) is 10.2 Å². The Bertz CT molecular complexity index is 1260. The number of amides is 2. The first-order valence-corrected chi connectivity index (χ1v) is 11.3. The van der Waals surface area contributed by atoms with Crippen LogP contribution in [0.4, 0.5) is 0 Å². The van der Waals surface area contributed by atoms with Gasteiger partial charge in [-0.25, -0.2) is 0 Å². The zero-order chi connectivity index (χ0) is 24.4. The maximum Gasteiger partial charge on any atom is 0.291 e. The van der Waals surface area contributed by atoms with Crippen LogP contribution < -0.4 is 0 Å². The molecule has 0 radical (unpaired) electrons. The number of nitriles is 1. The summed E-state index contributed by atoms with van der Waals surface area (Å²) < 4.78 is 1.64. The van der Waals surface area contributed by atoms with Gasteiger partial charge in [-0.05, 0) is 67.5 Å². The second-order valence-corrected chi connectivity index (χ2v) is 8.98. The van der Waals surface area contributed by atoms with Crippen molar-refractivity contribution in [2.24, 2.45) is 0 Å². The number of nitrogens with zero attached hydrogens (tertiary/aromatic N) is 6. The lowest BCUT2D eigenvalue weighted by Gasteiger charge is -2.33. The quantitative estimate of drug-likeness (QED) is 0.599. The van der Waals surface area contributed by atoms with Crippen molar-refractivity contribution in [1.29, 1.82) is 5.26 Å². The Morgan fingerprint density at radius 3 is 2.35 bits per heavy atom. The first-order valence-electron chi connectivity index (χ1n) is 11.3.